The van der Waals surface area contributed by atoms with Crippen LogP contribution in [0.3, 0.4) is 0 Å². The van der Waals surface area contributed by atoms with E-state index in [0.717, 1.165) is 10.8 Å². The first-order chi connectivity index (χ1) is 22.5. The number of unbranched alkanes of at least 4 members (excludes halogenated alkanes) is 1. The number of hydrogen-bond donors (Lipinski definition) is 4. The van der Waals surface area contributed by atoms with E-state index in [1.54, 1.807) is 79.4 Å². The van der Waals surface area contributed by atoms with E-state index in [4.69, 9.17) is 23.2 Å². The lowest BCUT2D eigenvalue weighted by atomic mass is 9.99. The van der Waals surface area contributed by atoms with Gasteiger partial charge < -0.3 is 15.3 Å². The number of carbonyl (C=O) groups excluding carboxylic acids is 3. The third-order valence-corrected chi connectivity index (χ3v) is 8.52. The normalized spacial score (nSPS) is 15.8. The van der Waals surface area contributed by atoms with Crippen molar-refractivity contribution in [3.8, 4) is 5.75 Å². The maximum atomic E-state index is 13.9. The van der Waals surface area contributed by atoms with Crippen LogP contribution in [0.1, 0.15) is 38.7 Å². The molecule has 0 spiro atoms. The van der Waals surface area contributed by atoms with Gasteiger partial charge in [0.1, 0.15) is 5.75 Å². The number of hydroxylamine groups is 2. The molecule has 0 unspecified atom stereocenters. The summed E-state index contributed by atoms with van der Waals surface area (Å²) in [6, 6.07) is 22.6. The van der Waals surface area contributed by atoms with Gasteiger partial charge in [-0.1, -0.05) is 53.5 Å². The molecular formula is C34H34Cl2N6O5. The molecular weight excluding hydrogens is 643 g/mol. The van der Waals surface area contributed by atoms with E-state index in [9.17, 15) is 24.7 Å². The highest BCUT2D eigenvalue weighted by Gasteiger charge is 2.55. The molecule has 5 rings (SSSR count). The Morgan fingerprint density at radius 3 is 2.32 bits per heavy atom. The first-order valence-corrected chi connectivity index (χ1v) is 15.7. The Bertz CT molecular complexity index is 1800. The van der Waals surface area contributed by atoms with Crippen molar-refractivity contribution in [2.24, 2.45) is 5.10 Å². The van der Waals surface area contributed by atoms with Gasteiger partial charge in [-0.25, -0.2) is 15.0 Å². The molecule has 244 valence electrons. The van der Waals surface area contributed by atoms with Gasteiger partial charge in [0.05, 0.1) is 11.8 Å². The molecule has 1 atom stereocenters. The maximum Gasteiger partial charge on any atom is 0.347 e. The number of urea groups is 2. The number of nitrogens with one attached hydrogen (secondary N) is 2. The number of fused-ring (bicyclic) bond motifs is 1. The summed E-state index contributed by atoms with van der Waals surface area (Å²) in [7, 11) is 0. The third-order valence-electron chi connectivity index (χ3n) is 8.02. The van der Waals surface area contributed by atoms with Gasteiger partial charge in [-0.05, 0) is 92.1 Å². The van der Waals surface area contributed by atoms with Crippen LogP contribution in [-0.2, 0) is 4.79 Å². The van der Waals surface area contributed by atoms with Crippen LogP contribution in [0.25, 0.3) is 10.8 Å². The number of phenols is 1. The highest BCUT2D eigenvalue weighted by atomic mass is 35.5. The number of aromatic hydroxyl groups is 1. The average Bonchev–Trinajstić information content (AvgIpc) is 3.25. The Kier molecular flexibility index (Phi) is 10.2. The minimum atomic E-state index is -1.12. The second-order valence-electron chi connectivity index (χ2n) is 11.6. The van der Waals surface area contributed by atoms with Gasteiger partial charge in [-0.3, -0.25) is 14.9 Å². The van der Waals surface area contributed by atoms with Crippen LogP contribution in [0.15, 0.2) is 90.0 Å². The van der Waals surface area contributed by atoms with E-state index in [2.05, 4.69) is 15.8 Å². The van der Waals surface area contributed by atoms with Crippen LogP contribution in [0, 0.1) is 0 Å². The number of halogens is 2. The Morgan fingerprint density at radius 2 is 1.62 bits per heavy atom. The van der Waals surface area contributed by atoms with Gasteiger partial charge in [0, 0.05) is 39.9 Å². The van der Waals surface area contributed by atoms with E-state index in [1.165, 1.54) is 11.1 Å². The summed E-state index contributed by atoms with van der Waals surface area (Å²) >= 11 is 12.0. The number of rotatable bonds is 10. The van der Waals surface area contributed by atoms with Gasteiger partial charge >= 0.3 is 12.1 Å². The third kappa shape index (κ3) is 7.43. The lowest BCUT2D eigenvalue weighted by Crippen LogP contribution is -2.58. The molecule has 0 bridgehead atoms. The minimum absolute atomic E-state index is 0.0504. The monoisotopic (exact) mass is 676 g/mol. The van der Waals surface area contributed by atoms with E-state index < -0.39 is 23.8 Å². The lowest BCUT2D eigenvalue weighted by Gasteiger charge is -2.38. The molecule has 13 heteroatoms. The summed E-state index contributed by atoms with van der Waals surface area (Å²) < 4.78 is 0. The van der Waals surface area contributed by atoms with Crippen molar-refractivity contribution >= 4 is 69.5 Å². The van der Waals surface area contributed by atoms with Crippen LogP contribution in [0.2, 0.25) is 10.0 Å². The average molecular weight is 678 g/mol. The second kappa shape index (κ2) is 14.3. The van der Waals surface area contributed by atoms with Crippen molar-refractivity contribution in [1.29, 1.82) is 0 Å². The molecule has 11 nitrogen and oxygen atoms in total. The summed E-state index contributed by atoms with van der Waals surface area (Å²) in [6.07, 6.45) is 1.33. The number of anilines is 2. The van der Waals surface area contributed by atoms with E-state index >= 15 is 0 Å². The number of hydrazone groups is 1. The summed E-state index contributed by atoms with van der Waals surface area (Å²) in [6.45, 7) is 3.77. The number of amides is 5. The predicted octanol–water partition coefficient (Wildman–Crippen LogP) is 7.44. The summed E-state index contributed by atoms with van der Waals surface area (Å²) in [5.74, 6) is -0.275. The number of carbonyl (C=O) groups is 3. The Morgan fingerprint density at radius 1 is 0.957 bits per heavy atom. The molecule has 1 saturated heterocycles. The lowest BCUT2D eigenvalue weighted by molar-refractivity contribution is -0.121. The van der Waals surface area contributed by atoms with Crippen LogP contribution in [0.4, 0.5) is 21.0 Å². The summed E-state index contributed by atoms with van der Waals surface area (Å²) in [5.41, 5.74) is 2.78. The number of nitrogens with zero attached hydrogens (tertiary/aromatic N) is 4. The first kappa shape index (κ1) is 33.5. The van der Waals surface area contributed by atoms with Crippen LogP contribution >= 0.6 is 23.2 Å². The zero-order valence-corrected chi connectivity index (χ0v) is 27.2. The SMILES string of the molecule is CC1(C)[C@@H](N(O)C(=O)Nc2ccc(Cl)cc2)N(c2ccc(Cl)cc2)C(=O)N1CCCCC(=O)N/N=C/c1c(O)ccc2ccccc12. The molecule has 1 heterocycles. The summed E-state index contributed by atoms with van der Waals surface area (Å²) in [5, 5.41) is 31.4. The highest BCUT2D eigenvalue weighted by molar-refractivity contribution is 6.31. The number of hydrogen-bond acceptors (Lipinski definition) is 6. The molecule has 0 radical (unpaired) electrons. The molecule has 1 aliphatic heterocycles. The molecule has 4 N–H and O–H groups in total. The standard InChI is InChI=1S/C34H34Cl2N6O5/c1-34(2)31(42(47)32(45)38-25-15-11-23(35)12-16-25)41(26-17-13-24(36)14-18-26)33(46)40(34)20-6-5-9-30(44)39-37-21-28-27-8-4-3-7-22(27)10-19-29(28)43/h3-4,7-8,10-19,21,31,43,47H,5-6,9,20H2,1-2H3,(H,38,45)(H,39,44)/b37-21+/t31-/m1/s1. The first-order valence-electron chi connectivity index (χ1n) is 14.9. The van der Waals surface area contributed by atoms with E-state index in [1.807, 2.05) is 24.3 Å². The van der Waals surface area contributed by atoms with Crippen molar-refractivity contribution < 1.29 is 24.7 Å². The topological polar surface area (TPSA) is 138 Å². The van der Waals surface area contributed by atoms with Gasteiger partial charge in [0.15, 0.2) is 6.17 Å². The van der Waals surface area contributed by atoms with Gasteiger partial charge in [0.25, 0.3) is 0 Å². The minimum Gasteiger partial charge on any atom is -0.507 e. The van der Waals surface area contributed by atoms with Crippen molar-refractivity contribution in [1.82, 2.24) is 15.4 Å². The highest BCUT2D eigenvalue weighted by Crippen LogP contribution is 2.38. The fraction of sp³-hybridized carbons (Fsp3) is 0.235. The molecule has 0 aliphatic carbocycles. The zero-order chi connectivity index (χ0) is 33.7. The molecule has 4 aromatic carbocycles. The van der Waals surface area contributed by atoms with Crippen molar-refractivity contribution in [2.75, 3.05) is 16.8 Å². The molecule has 0 saturated carbocycles. The Labute approximate surface area is 281 Å². The molecule has 1 fully saturated rings. The number of benzene rings is 4. The number of phenolic OH excluding ortho intramolecular Hbond substituents is 1. The Balaban J connectivity index is 1.23. The van der Waals surface area contributed by atoms with Crippen LogP contribution in [0.5, 0.6) is 5.75 Å². The van der Waals surface area contributed by atoms with Crippen molar-refractivity contribution in [3.63, 3.8) is 0 Å². The van der Waals surface area contributed by atoms with E-state index in [0.29, 0.717) is 44.9 Å². The largest absolute Gasteiger partial charge is 0.507 e. The molecule has 1 aliphatic rings. The molecule has 0 aromatic heterocycles. The summed E-state index contributed by atoms with van der Waals surface area (Å²) in [4.78, 5) is 42.5. The van der Waals surface area contributed by atoms with Gasteiger partial charge in [-0.15, -0.1) is 0 Å². The zero-order valence-electron chi connectivity index (χ0n) is 25.7. The van der Waals surface area contributed by atoms with Crippen LogP contribution in [-0.4, -0.2) is 62.7 Å². The molecule has 5 amide bonds. The maximum absolute atomic E-state index is 13.9. The Hall–Kier alpha value is -4.84. The second-order valence-corrected chi connectivity index (χ2v) is 12.4. The van der Waals surface area contributed by atoms with E-state index in [-0.39, 0.29) is 24.6 Å². The molecule has 47 heavy (non-hydrogen) atoms. The van der Waals surface area contributed by atoms with Crippen LogP contribution < -0.4 is 15.6 Å². The quantitative estimate of drug-likeness (QED) is 0.0598. The van der Waals surface area contributed by atoms with Crippen molar-refractivity contribution in [3.05, 3.63) is 101 Å². The smallest absolute Gasteiger partial charge is 0.347 e. The fourth-order valence-corrected chi connectivity index (χ4v) is 5.86. The van der Waals surface area contributed by atoms with Gasteiger partial charge in [-0.2, -0.15) is 10.2 Å². The fourth-order valence-electron chi connectivity index (χ4n) is 5.61. The predicted molar refractivity (Wildman–Crippen MR) is 183 cm³/mol. The van der Waals surface area contributed by atoms with Gasteiger partial charge in [0.2, 0.25) is 5.91 Å². The van der Waals surface area contributed by atoms with Crippen molar-refractivity contribution in [2.45, 2.75) is 44.8 Å². The molecule has 4 aromatic rings.